The van der Waals surface area contributed by atoms with Crippen LogP contribution in [0, 0.1) is 0 Å². The van der Waals surface area contributed by atoms with E-state index in [1.165, 1.54) is 17.1 Å². The highest BCUT2D eigenvalue weighted by atomic mass is 79.9. The molecule has 0 N–H and O–H groups in total. The third-order valence-electron chi connectivity index (χ3n) is 1.33. The molecule has 1 heterocycles. The molecule has 1 aliphatic heterocycles. The molecule has 0 saturated carbocycles. The first-order valence-corrected chi connectivity index (χ1v) is 4.20. The Bertz CT molecular complexity index is 204. The number of carbonyl (C=O) groups is 2. The molecule has 1 unspecified atom stereocenters. The molecule has 1 rings (SSSR count). The van der Waals surface area contributed by atoms with E-state index >= 15 is 0 Å². The standard InChI is InChI=1S/C7H8BrNO2/c1-5(8)4-9-6(10)2-3-7(9)11/h2-3,5H,4H2,1H3. The van der Waals surface area contributed by atoms with Crippen LogP contribution in [0.1, 0.15) is 6.92 Å². The summed E-state index contributed by atoms with van der Waals surface area (Å²) in [6.07, 6.45) is 2.58. The topological polar surface area (TPSA) is 37.4 Å². The third kappa shape index (κ3) is 1.89. The number of imide groups is 1. The van der Waals surface area contributed by atoms with Crippen molar-refractivity contribution in [3.8, 4) is 0 Å². The Kier molecular flexibility index (Phi) is 2.44. The zero-order valence-corrected chi connectivity index (χ0v) is 7.67. The molecule has 1 aliphatic rings. The van der Waals surface area contributed by atoms with Gasteiger partial charge in [-0.1, -0.05) is 22.9 Å². The average molecular weight is 218 g/mol. The van der Waals surface area contributed by atoms with Gasteiger partial charge < -0.3 is 0 Å². The molecule has 1 atom stereocenters. The molecule has 4 heteroatoms. The lowest BCUT2D eigenvalue weighted by Crippen LogP contribution is -2.34. The first-order chi connectivity index (χ1) is 5.11. The van der Waals surface area contributed by atoms with Gasteiger partial charge in [0, 0.05) is 23.5 Å². The molecule has 0 spiro atoms. The minimum Gasteiger partial charge on any atom is -0.274 e. The Morgan fingerprint density at radius 2 is 1.91 bits per heavy atom. The predicted octanol–water partition coefficient (Wildman–Crippen LogP) is 0.695. The van der Waals surface area contributed by atoms with Crippen molar-refractivity contribution < 1.29 is 9.59 Å². The molecule has 0 bridgehead atoms. The second-order valence-corrected chi connectivity index (χ2v) is 3.96. The SMILES string of the molecule is CC(Br)CN1C(=O)C=CC1=O. The van der Waals surface area contributed by atoms with E-state index in [0.29, 0.717) is 6.54 Å². The van der Waals surface area contributed by atoms with Crippen LogP contribution in [0.3, 0.4) is 0 Å². The number of amides is 2. The van der Waals surface area contributed by atoms with Gasteiger partial charge in [-0.2, -0.15) is 0 Å². The van der Waals surface area contributed by atoms with Crippen LogP contribution >= 0.6 is 15.9 Å². The van der Waals surface area contributed by atoms with Crippen LogP contribution in [-0.2, 0) is 9.59 Å². The number of carbonyl (C=O) groups excluding carboxylic acids is 2. The molecule has 0 radical (unpaired) electrons. The maximum Gasteiger partial charge on any atom is 0.253 e. The number of alkyl halides is 1. The van der Waals surface area contributed by atoms with E-state index in [9.17, 15) is 9.59 Å². The van der Waals surface area contributed by atoms with Gasteiger partial charge in [-0.05, 0) is 0 Å². The van der Waals surface area contributed by atoms with E-state index in [0.717, 1.165) is 0 Å². The van der Waals surface area contributed by atoms with Crippen LogP contribution in [-0.4, -0.2) is 28.1 Å². The fourth-order valence-corrected chi connectivity index (χ4v) is 1.15. The van der Waals surface area contributed by atoms with Crippen LogP contribution in [0.2, 0.25) is 0 Å². The smallest absolute Gasteiger partial charge is 0.253 e. The highest BCUT2D eigenvalue weighted by Crippen LogP contribution is 2.07. The van der Waals surface area contributed by atoms with Crippen molar-refractivity contribution in [2.24, 2.45) is 0 Å². The van der Waals surface area contributed by atoms with Crippen molar-refractivity contribution in [2.75, 3.05) is 6.54 Å². The molecule has 0 aliphatic carbocycles. The number of nitrogens with zero attached hydrogens (tertiary/aromatic N) is 1. The highest BCUT2D eigenvalue weighted by Gasteiger charge is 2.23. The van der Waals surface area contributed by atoms with Crippen LogP contribution in [0.4, 0.5) is 0 Å². The van der Waals surface area contributed by atoms with Crippen molar-refractivity contribution in [2.45, 2.75) is 11.8 Å². The van der Waals surface area contributed by atoms with Crippen LogP contribution < -0.4 is 0 Å². The van der Waals surface area contributed by atoms with Gasteiger partial charge in [0.15, 0.2) is 0 Å². The number of hydrogen-bond acceptors (Lipinski definition) is 2. The second-order valence-electron chi connectivity index (χ2n) is 2.40. The summed E-state index contributed by atoms with van der Waals surface area (Å²) in [6, 6.07) is 0. The first kappa shape index (κ1) is 8.46. The van der Waals surface area contributed by atoms with Gasteiger partial charge >= 0.3 is 0 Å². The lowest BCUT2D eigenvalue weighted by molar-refractivity contribution is -0.136. The zero-order chi connectivity index (χ0) is 8.43. The summed E-state index contributed by atoms with van der Waals surface area (Å²) < 4.78 is 0. The van der Waals surface area contributed by atoms with E-state index < -0.39 is 0 Å². The summed E-state index contributed by atoms with van der Waals surface area (Å²) >= 11 is 3.27. The molecule has 2 amide bonds. The maximum absolute atomic E-state index is 10.9. The predicted molar refractivity (Wildman–Crippen MR) is 44.2 cm³/mol. The Morgan fingerprint density at radius 3 is 2.27 bits per heavy atom. The van der Waals surface area contributed by atoms with E-state index in [-0.39, 0.29) is 16.6 Å². The number of rotatable bonds is 2. The fourth-order valence-electron chi connectivity index (χ4n) is 0.863. The van der Waals surface area contributed by atoms with Gasteiger partial charge in [-0.15, -0.1) is 0 Å². The quantitative estimate of drug-likeness (QED) is 0.505. The third-order valence-corrected chi connectivity index (χ3v) is 1.62. The minimum atomic E-state index is -0.221. The van der Waals surface area contributed by atoms with E-state index in [1.807, 2.05) is 6.92 Å². The van der Waals surface area contributed by atoms with E-state index in [2.05, 4.69) is 15.9 Å². The van der Waals surface area contributed by atoms with Crippen molar-refractivity contribution in [3.05, 3.63) is 12.2 Å². The molecule has 60 valence electrons. The van der Waals surface area contributed by atoms with Crippen molar-refractivity contribution in [1.82, 2.24) is 4.90 Å². The first-order valence-electron chi connectivity index (χ1n) is 3.29. The Hall–Kier alpha value is -0.640. The normalized spacial score (nSPS) is 19.6. The van der Waals surface area contributed by atoms with Crippen LogP contribution in [0.5, 0.6) is 0 Å². The van der Waals surface area contributed by atoms with Crippen LogP contribution in [0.15, 0.2) is 12.2 Å². The van der Waals surface area contributed by atoms with Crippen LogP contribution in [0.25, 0.3) is 0 Å². The zero-order valence-electron chi connectivity index (χ0n) is 6.08. The Labute approximate surface area is 73.2 Å². The van der Waals surface area contributed by atoms with E-state index in [4.69, 9.17) is 0 Å². The molecular formula is C7H8BrNO2. The largest absolute Gasteiger partial charge is 0.274 e. The summed E-state index contributed by atoms with van der Waals surface area (Å²) in [5.41, 5.74) is 0. The fraction of sp³-hybridized carbons (Fsp3) is 0.429. The summed E-state index contributed by atoms with van der Waals surface area (Å²) in [7, 11) is 0. The van der Waals surface area contributed by atoms with Gasteiger partial charge in [0.05, 0.1) is 0 Å². The Morgan fingerprint density at radius 1 is 1.45 bits per heavy atom. The summed E-state index contributed by atoms with van der Waals surface area (Å²) in [5.74, 6) is -0.442. The van der Waals surface area contributed by atoms with Gasteiger partial charge in [0.1, 0.15) is 0 Å². The van der Waals surface area contributed by atoms with Crippen molar-refractivity contribution in [3.63, 3.8) is 0 Å². The molecule has 0 aromatic heterocycles. The van der Waals surface area contributed by atoms with Crippen molar-refractivity contribution in [1.29, 1.82) is 0 Å². The highest BCUT2D eigenvalue weighted by molar-refractivity contribution is 9.09. The summed E-state index contributed by atoms with van der Waals surface area (Å²) in [4.78, 5) is 23.2. The lowest BCUT2D eigenvalue weighted by atomic mass is 10.4. The lowest BCUT2D eigenvalue weighted by Gasteiger charge is -2.14. The van der Waals surface area contributed by atoms with Gasteiger partial charge in [0.25, 0.3) is 11.8 Å². The maximum atomic E-state index is 10.9. The van der Waals surface area contributed by atoms with Gasteiger partial charge in [-0.3, -0.25) is 14.5 Å². The molecule has 0 aromatic carbocycles. The van der Waals surface area contributed by atoms with Gasteiger partial charge in [-0.25, -0.2) is 0 Å². The molecule has 0 aromatic rings. The molecule has 11 heavy (non-hydrogen) atoms. The van der Waals surface area contributed by atoms with Gasteiger partial charge in [0.2, 0.25) is 0 Å². The van der Waals surface area contributed by atoms with Crippen molar-refractivity contribution >= 4 is 27.7 Å². The van der Waals surface area contributed by atoms with E-state index in [1.54, 1.807) is 0 Å². The molecule has 3 nitrogen and oxygen atoms in total. The number of hydrogen-bond donors (Lipinski definition) is 0. The molecule has 0 fully saturated rings. The average Bonchev–Trinajstić information content (AvgIpc) is 2.18. The number of halogens is 1. The molecule has 0 saturated heterocycles. The second kappa shape index (κ2) is 3.17. The molecular weight excluding hydrogens is 210 g/mol. The monoisotopic (exact) mass is 217 g/mol. The Balaban J connectivity index is 2.59. The summed E-state index contributed by atoms with van der Waals surface area (Å²) in [5, 5.41) is 0. The summed E-state index contributed by atoms with van der Waals surface area (Å²) in [6.45, 7) is 2.32. The minimum absolute atomic E-state index is 0.148.